The number of thiazole rings is 1. The van der Waals surface area contributed by atoms with Gasteiger partial charge in [0, 0.05) is 29.6 Å². The van der Waals surface area contributed by atoms with Crippen LogP contribution in [0.15, 0.2) is 66.2 Å². The van der Waals surface area contributed by atoms with Gasteiger partial charge >= 0.3 is 0 Å². The lowest BCUT2D eigenvalue weighted by molar-refractivity contribution is 0.452. The molecule has 1 fully saturated rings. The largest absolute Gasteiger partial charge is 0.383 e. The van der Waals surface area contributed by atoms with Gasteiger partial charge in [0.25, 0.3) is 0 Å². The van der Waals surface area contributed by atoms with Crippen molar-refractivity contribution in [3.63, 3.8) is 0 Å². The molecule has 0 saturated heterocycles. The number of hydrogen-bond acceptors (Lipinski definition) is 7. The molecule has 43 heavy (non-hydrogen) atoms. The number of nitrogens with one attached hydrogen (secondary N) is 2. The fourth-order valence-corrected chi connectivity index (χ4v) is 7.16. The number of benzene rings is 2. The number of rotatable bonds is 13. The lowest BCUT2D eigenvalue weighted by Gasteiger charge is -2.15. The molecule has 4 N–H and O–H groups in total. The highest BCUT2D eigenvalue weighted by atomic mass is 35.5. The smallest absolute Gasteiger partial charge is 0.226 e. The molecule has 0 unspecified atom stereocenters. The summed E-state index contributed by atoms with van der Waals surface area (Å²) in [5.74, 6) is 1.04. The highest BCUT2D eigenvalue weighted by Crippen LogP contribution is 2.41. The summed E-state index contributed by atoms with van der Waals surface area (Å²) in [5.41, 5.74) is 13.2. The first-order valence-corrected chi connectivity index (χ1v) is 16.6. The summed E-state index contributed by atoms with van der Waals surface area (Å²) in [6, 6.07) is 19.6. The molecule has 0 bridgehead atoms. The van der Waals surface area contributed by atoms with Gasteiger partial charge in [-0.15, -0.1) is 11.3 Å². The van der Waals surface area contributed by atoms with E-state index in [2.05, 4.69) is 92.2 Å². The van der Waals surface area contributed by atoms with E-state index in [9.17, 15) is 0 Å². The van der Waals surface area contributed by atoms with Crippen molar-refractivity contribution in [2.45, 2.75) is 51.5 Å². The Morgan fingerprint density at radius 3 is 2.60 bits per heavy atom. The molecule has 0 radical (unpaired) electrons. The lowest BCUT2D eigenvalue weighted by atomic mass is 10.1. The summed E-state index contributed by atoms with van der Waals surface area (Å²) in [5, 5.41) is 11.4. The summed E-state index contributed by atoms with van der Waals surface area (Å²) >= 11 is 7.95. The Kier molecular flexibility index (Phi) is 9.68. The Morgan fingerprint density at radius 1 is 0.953 bits per heavy atom. The number of halogens is 1. The molecule has 0 aliphatic heterocycles. The van der Waals surface area contributed by atoms with Gasteiger partial charge in [-0.25, -0.2) is 9.97 Å². The highest BCUT2D eigenvalue weighted by Gasteiger charge is 2.29. The third-order valence-corrected chi connectivity index (χ3v) is 9.53. The molecule has 224 valence electrons. The number of nitrogens with zero attached hydrogens (tertiary/aromatic N) is 4. The van der Waals surface area contributed by atoms with Gasteiger partial charge in [-0.1, -0.05) is 60.2 Å². The van der Waals surface area contributed by atoms with Gasteiger partial charge in [0.05, 0.1) is 11.1 Å². The SMILES string of the molecule is Cc1ccc(CCNCCCNC[C@@H]2CC[C@H](n3cc(-c4nc(Cc5ccccc5)cs4)c4c(N)nc(Cl)nc43)C2)cc1. The molecule has 2 atom stereocenters. The first-order chi connectivity index (χ1) is 21.0. The van der Waals surface area contributed by atoms with E-state index in [0.29, 0.717) is 17.8 Å². The molecule has 0 spiro atoms. The van der Waals surface area contributed by atoms with Crippen LogP contribution in [-0.4, -0.2) is 45.7 Å². The van der Waals surface area contributed by atoms with Gasteiger partial charge in [-0.05, 0) is 93.9 Å². The number of anilines is 1. The molecule has 6 rings (SSSR count). The number of nitrogen functional groups attached to an aromatic ring is 1. The van der Waals surface area contributed by atoms with Crippen LogP contribution in [0.1, 0.15) is 54.1 Å². The summed E-state index contributed by atoms with van der Waals surface area (Å²) in [6.07, 6.45) is 8.58. The Labute approximate surface area is 262 Å². The first-order valence-electron chi connectivity index (χ1n) is 15.3. The second kappa shape index (κ2) is 14.0. The third-order valence-electron chi connectivity index (χ3n) is 8.44. The van der Waals surface area contributed by atoms with Crippen molar-refractivity contribution in [1.29, 1.82) is 0 Å². The van der Waals surface area contributed by atoms with Crippen molar-refractivity contribution < 1.29 is 0 Å². The number of hydrogen-bond donors (Lipinski definition) is 3. The average Bonchev–Trinajstić information content (AvgIpc) is 3.75. The standard InChI is InChI=1S/C34H40ClN7S/c1-23-8-10-24(11-9-23)14-17-37-15-5-16-38-20-26-12-13-28(19-26)42-21-29(30-31(36)40-34(35)41-32(30)42)33-39-27(22-43-33)18-25-6-3-2-4-7-25/h2-4,6-11,21-22,26,28,37-38H,5,12-20H2,1H3,(H2,36,40,41)/t26-,28+/m1/s1. The van der Waals surface area contributed by atoms with Crippen molar-refractivity contribution in [3.05, 3.63) is 93.8 Å². The van der Waals surface area contributed by atoms with Crippen LogP contribution in [0.25, 0.3) is 21.6 Å². The molecular weight excluding hydrogens is 574 g/mol. The quantitative estimate of drug-likeness (QED) is 0.0994. The summed E-state index contributed by atoms with van der Waals surface area (Å²) in [7, 11) is 0. The van der Waals surface area contributed by atoms with Crippen LogP contribution in [0.4, 0.5) is 5.82 Å². The lowest BCUT2D eigenvalue weighted by Crippen LogP contribution is -2.26. The first kappa shape index (κ1) is 29.8. The Hall–Kier alpha value is -3.30. The molecule has 5 aromatic rings. The summed E-state index contributed by atoms with van der Waals surface area (Å²) in [6.45, 7) is 6.26. The van der Waals surface area contributed by atoms with Crippen molar-refractivity contribution in [1.82, 2.24) is 30.2 Å². The van der Waals surface area contributed by atoms with Crippen LogP contribution in [0.5, 0.6) is 0 Å². The summed E-state index contributed by atoms with van der Waals surface area (Å²) < 4.78 is 2.28. The second-order valence-electron chi connectivity index (χ2n) is 11.7. The highest BCUT2D eigenvalue weighted by molar-refractivity contribution is 7.13. The fourth-order valence-electron chi connectivity index (χ4n) is 6.15. The zero-order valence-electron chi connectivity index (χ0n) is 24.7. The normalized spacial score (nSPS) is 16.8. The van der Waals surface area contributed by atoms with E-state index in [1.807, 2.05) is 6.07 Å². The predicted octanol–water partition coefficient (Wildman–Crippen LogP) is 6.84. The van der Waals surface area contributed by atoms with E-state index in [-0.39, 0.29) is 5.28 Å². The molecule has 0 amide bonds. The molecule has 2 aromatic carbocycles. The molecule has 3 heterocycles. The van der Waals surface area contributed by atoms with Gasteiger partial charge in [-0.2, -0.15) is 4.98 Å². The van der Waals surface area contributed by atoms with E-state index < -0.39 is 0 Å². The fraction of sp³-hybridized carbons (Fsp3) is 0.382. The van der Waals surface area contributed by atoms with Gasteiger partial charge in [-0.3, -0.25) is 0 Å². The maximum Gasteiger partial charge on any atom is 0.226 e. The van der Waals surface area contributed by atoms with Crippen LogP contribution < -0.4 is 16.4 Å². The minimum Gasteiger partial charge on any atom is -0.383 e. The maximum absolute atomic E-state index is 6.44. The third kappa shape index (κ3) is 7.44. The summed E-state index contributed by atoms with van der Waals surface area (Å²) in [4.78, 5) is 13.9. The van der Waals surface area contributed by atoms with Crippen molar-refractivity contribution in [2.75, 3.05) is 31.9 Å². The monoisotopic (exact) mass is 613 g/mol. The van der Waals surface area contributed by atoms with Crippen molar-refractivity contribution >= 4 is 39.8 Å². The zero-order chi connectivity index (χ0) is 29.6. The molecular formula is C34H40ClN7S. The van der Waals surface area contributed by atoms with E-state index in [0.717, 1.165) is 85.6 Å². The Morgan fingerprint density at radius 2 is 1.77 bits per heavy atom. The topological polar surface area (TPSA) is 93.7 Å². The molecule has 7 nitrogen and oxygen atoms in total. The second-order valence-corrected chi connectivity index (χ2v) is 12.9. The van der Waals surface area contributed by atoms with E-state index in [1.165, 1.54) is 23.1 Å². The minimum absolute atomic E-state index is 0.184. The maximum atomic E-state index is 6.44. The van der Waals surface area contributed by atoms with Gasteiger partial charge in [0.2, 0.25) is 5.28 Å². The molecule has 3 aromatic heterocycles. The average molecular weight is 614 g/mol. The molecule has 1 saturated carbocycles. The van der Waals surface area contributed by atoms with Crippen LogP contribution >= 0.6 is 22.9 Å². The molecule has 1 aliphatic rings. The van der Waals surface area contributed by atoms with Crippen molar-refractivity contribution in [2.24, 2.45) is 5.92 Å². The van der Waals surface area contributed by atoms with Gasteiger partial charge in [0.1, 0.15) is 16.5 Å². The van der Waals surface area contributed by atoms with Crippen LogP contribution in [0, 0.1) is 12.8 Å². The number of aryl methyl sites for hydroxylation is 1. The molecule has 9 heteroatoms. The van der Waals surface area contributed by atoms with Crippen LogP contribution in [-0.2, 0) is 12.8 Å². The van der Waals surface area contributed by atoms with E-state index in [1.54, 1.807) is 11.3 Å². The van der Waals surface area contributed by atoms with E-state index >= 15 is 0 Å². The van der Waals surface area contributed by atoms with Gasteiger partial charge < -0.3 is 20.9 Å². The molecule has 1 aliphatic carbocycles. The van der Waals surface area contributed by atoms with Gasteiger partial charge in [0.15, 0.2) is 0 Å². The predicted molar refractivity (Wildman–Crippen MR) is 179 cm³/mol. The van der Waals surface area contributed by atoms with E-state index in [4.69, 9.17) is 22.3 Å². The number of aromatic nitrogens is 4. The van der Waals surface area contributed by atoms with Crippen LogP contribution in [0.3, 0.4) is 0 Å². The van der Waals surface area contributed by atoms with Crippen molar-refractivity contribution in [3.8, 4) is 10.6 Å². The minimum atomic E-state index is 0.184. The number of nitrogens with two attached hydrogens (primary N) is 1. The zero-order valence-corrected chi connectivity index (χ0v) is 26.3. The van der Waals surface area contributed by atoms with Crippen LogP contribution in [0.2, 0.25) is 5.28 Å². The Balaban J connectivity index is 1.03. The Bertz CT molecular complexity index is 1630. The number of fused-ring (bicyclic) bond motifs is 1.